The first kappa shape index (κ1) is 23.4. The van der Waals surface area contributed by atoms with Crippen molar-refractivity contribution in [3.05, 3.63) is 106 Å². The summed E-state index contributed by atoms with van der Waals surface area (Å²) in [6.45, 7) is 5.58. The highest BCUT2D eigenvalue weighted by atomic mass is 32.2. The molecule has 1 heterocycles. The van der Waals surface area contributed by atoms with Crippen molar-refractivity contribution in [2.75, 3.05) is 18.8 Å². The second-order valence-corrected chi connectivity index (χ2v) is 11.0. The Morgan fingerprint density at radius 1 is 0.848 bits per heavy atom. The van der Waals surface area contributed by atoms with Crippen LogP contribution in [0.25, 0.3) is 0 Å². The Labute approximate surface area is 197 Å². The van der Waals surface area contributed by atoms with Gasteiger partial charge in [0.1, 0.15) is 6.54 Å². The summed E-state index contributed by atoms with van der Waals surface area (Å²) in [5, 5.41) is 0. The summed E-state index contributed by atoms with van der Waals surface area (Å²) in [6, 6.07) is 26.1. The van der Waals surface area contributed by atoms with Gasteiger partial charge in [0, 0.05) is 12.0 Å². The molecule has 0 atom stereocenters. The summed E-state index contributed by atoms with van der Waals surface area (Å²) in [5.74, 6) is -0.220. The molecule has 0 bridgehead atoms. The monoisotopic (exact) mass is 462 g/mol. The Balaban J connectivity index is 1.74. The van der Waals surface area contributed by atoms with Crippen molar-refractivity contribution in [3.63, 3.8) is 0 Å². The van der Waals surface area contributed by atoms with E-state index in [1.54, 1.807) is 0 Å². The number of hydrogen-bond acceptors (Lipinski definition) is 2. The first-order valence-corrected chi connectivity index (χ1v) is 13.1. The lowest BCUT2D eigenvalue weighted by Crippen LogP contribution is -2.45. The van der Waals surface area contributed by atoms with Crippen molar-refractivity contribution in [2.24, 2.45) is 0 Å². The summed E-state index contributed by atoms with van der Waals surface area (Å²) in [7, 11) is -3.96. The molecule has 0 saturated carbocycles. The smallest absolute Gasteiger partial charge is 0.265 e. The fourth-order valence-corrected chi connectivity index (χ4v) is 5.45. The third-order valence-corrected chi connectivity index (χ3v) is 7.34. The summed E-state index contributed by atoms with van der Waals surface area (Å²) in [4.78, 5) is 0. The SMILES string of the molecule is Cc1ccc(CC2(Cc3ccc(C)cc3)C[N+](CCCS(=O)(=O)O)=Cc3ccccc32)cc1. The average Bonchev–Trinajstić information content (AvgIpc) is 2.76. The Morgan fingerprint density at radius 3 is 1.94 bits per heavy atom. The molecule has 1 aliphatic heterocycles. The fourth-order valence-electron chi connectivity index (χ4n) is 4.96. The van der Waals surface area contributed by atoms with Crippen LogP contribution < -0.4 is 0 Å². The van der Waals surface area contributed by atoms with Crippen molar-refractivity contribution < 1.29 is 17.5 Å². The molecule has 0 saturated heterocycles. The minimum absolute atomic E-state index is 0.159. The summed E-state index contributed by atoms with van der Waals surface area (Å²) < 4.78 is 33.9. The molecule has 0 spiro atoms. The second kappa shape index (κ2) is 9.62. The molecule has 172 valence electrons. The molecular formula is C28H32NO3S+. The van der Waals surface area contributed by atoms with E-state index < -0.39 is 10.1 Å². The van der Waals surface area contributed by atoms with E-state index >= 15 is 0 Å². The van der Waals surface area contributed by atoms with Crippen LogP contribution in [0.4, 0.5) is 0 Å². The molecule has 0 aliphatic carbocycles. The Bertz CT molecular complexity index is 1200. The van der Waals surface area contributed by atoms with E-state index in [-0.39, 0.29) is 11.2 Å². The number of hydrogen-bond donors (Lipinski definition) is 1. The number of aryl methyl sites for hydroxylation is 2. The molecule has 0 amide bonds. The zero-order chi connectivity index (χ0) is 23.5. The van der Waals surface area contributed by atoms with E-state index in [2.05, 4.69) is 97.4 Å². The molecule has 1 N–H and O–H groups in total. The molecule has 4 nitrogen and oxygen atoms in total. The molecule has 3 aromatic carbocycles. The van der Waals surface area contributed by atoms with E-state index in [1.807, 2.05) is 0 Å². The lowest BCUT2D eigenvalue weighted by molar-refractivity contribution is -0.534. The topological polar surface area (TPSA) is 57.4 Å². The van der Waals surface area contributed by atoms with Gasteiger partial charge < -0.3 is 0 Å². The zero-order valence-electron chi connectivity index (χ0n) is 19.4. The van der Waals surface area contributed by atoms with Crippen LogP contribution in [0.15, 0.2) is 72.8 Å². The molecule has 4 rings (SSSR count). The van der Waals surface area contributed by atoms with Gasteiger partial charge in [0.05, 0.1) is 11.2 Å². The normalized spacial score (nSPS) is 15.1. The van der Waals surface area contributed by atoms with Gasteiger partial charge in [-0.3, -0.25) is 4.55 Å². The van der Waals surface area contributed by atoms with E-state index in [4.69, 9.17) is 0 Å². The van der Waals surface area contributed by atoms with E-state index in [9.17, 15) is 13.0 Å². The molecule has 3 aromatic rings. The van der Waals surface area contributed by atoms with Crippen LogP contribution in [0.1, 0.15) is 39.8 Å². The molecule has 5 heteroatoms. The number of benzene rings is 3. The minimum Gasteiger partial charge on any atom is -0.286 e. The van der Waals surface area contributed by atoms with Gasteiger partial charge in [-0.2, -0.15) is 8.42 Å². The van der Waals surface area contributed by atoms with E-state index in [0.717, 1.165) is 19.4 Å². The largest absolute Gasteiger partial charge is 0.286 e. The van der Waals surface area contributed by atoms with Crippen molar-refractivity contribution in [1.82, 2.24) is 0 Å². The van der Waals surface area contributed by atoms with Gasteiger partial charge in [0.2, 0.25) is 0 Å². The summed E-state index contributed by atoms with van der Waals surface area (Å²) >= 11 is 0. The maximum atomic E-state index is 11.3. The zero-order valence-corrected chi connectivity index (χ0v) is 20.2. The van der Waals surface area contributed by atoms with Crippen LogP contribution in [-0.4, -0.2) is 42.6 Å². The van der Waals surface area contributed by atoms with Crippen molar-refractivity contribution >= 4 is 16.3 Å². The Kier molecular flexibility index (Phi) is 6.82. The first-order chi connectivity index (χ1) is 15.7. The van der Waals surface area contributed by atoms with Crippen LogP contribution in [0.5, 0.6) is 0 Å². The lowest BCUT2D eigenvalue weighted by atomic mass is 9.68. The molecule has 0 aromatic heterocycles. The van der Waals surface area contributed by atoms with Crippen LogP contribution in [0, 0.1) is 13.8 Å². The van der Waals surface area contributed by atoms with Crippen LogP contribution in [0.2, 0.25) is 0 Å². The average molecular weight is 463 g/mol. The predicted octanol–water partition coefficient (Wildman–Crippen LogP) is 4.75. The van der Waals surface area contributed by atoms with Crippen molar-refractivity contribution in [2.45, 2.75) is 38.5 Å². The van der Waals surface area contributed by atoms with E-state index in [1.165, 1.54) is 33.4 Å². The molecule has 0 unspecified atom stereocenters. The van der Waals surface area contributed by atoms with Gasteiger partial charge in [-0.25, -0.2) is 4.58 Å². The van der Waals surface area contributed by atoms with Gasteiger partial charge >= 0.3 is 0 Å². The Hall–Kier alpha value is -2.76. The van der Waals surface area contributed by atoms with Gasteiger partial charge in [0.15, 0.2) is 12.8 Å². The second-order valence-electron chi connectivity index (χ2n) is 9.43. The van der Waals surface area contributed by atoms with Gasteiger partial charge in [-0.1, -0.05) is 77.9 Å². The van der Waals surface area contributed by atoms with Crippen molar-refractivity contribution in [1.29, 1.82) is 0 Å². The van der Waals surface area contributed by atoms with Gasteiger partial charge in [0.25, 0.3) is 10.1 Å². The third-order valence-electron chi connectivity index (χ3n) is 6.53. The lowest BCUT2D eigenvalue weighted by Gasteiger charge is -2.36. The van der Waals surface area contributed by atoms with Gasteiger partial charge in [-0.15, -0.1) is 0 Å². The third kappa shape index (κ3) is 5.98. The standard InChI is InChI=1S/C28H31NO3S/c1-22-8-12-24(13-9-22)18-28(19-25-14-10-23(2)11-15-25)21-29(16-5-17-33(30,31)32)20-26-6-3-4-7-27(26)28/h3-4,6-15,20H,5,16-19,21H2,1-2H3/p+1. The highest BCUT2D eigenvalue weighted by Gasteiger charge is 2.41. The maximum absolute atomic E-state index is 11.3. The minimum atomic E-state index is -3.96. The van der Waals surface area contributed by atoms with Crippen LogP contribution >= 0.6 is 0 Å². The molecule has 0 fully saturated rings. The van der Waals surface area contributed by atoms with Crippen LogP contribution in [-0.2, 0) is 28.4 Å². The van der Waals surface area contributed by atoms with Crippen LogP contribution in [0.3, 0.4) is 0 Å². The molecule has 0 radical (unpaired) electrons. The maximum Gasteiger partial charge on any atom is 0.265 e. The number of nitrogens with zero attached hydrogens (tertiary/aromatic N) is 1. The fraction of sp³-hybridized carbons (Fsp3) is 0.321. The molecule has 1 aliphatic rings. The number of fused-ring (bicyclic) bond motifs is 1. The van der Waals surface area contributed by atoms with E-state index in [0.29, 0.717) is 13.0 Å². The predicted molar refractivity (Wildman–Crippen MR) is 134 cm³/mol. The quantitative estimate of drug-likeness (QED) is 0.388. The Morgan fingerprint density at radius 2 is 1.39 bits per heavy atom. The summed E-state index contributed by atoms with van der Waals surface area (Å²) in [6.07, 6.45) is 4.31. The highest BCUT2D eigenvalue weighted by Crippen LogP contribution is 2.37. The first-order valence-electron chi connectivity index (χ1n) is 11.5. The highest BCUT2D eigenvalue weighted by molar-refractivity contribution is 7.85. The van der Waals surface area contributed by atoms with Crippen molar-refractivity contribution in [3.8, 4) is 0 Å². The molecule has 33 heavy (non-hydrogen) atoms. The van der Waals surface area contributed by atoms with Gasteiger partial charge in [-0.05, 0) is 49.4 Å². The summed E-state index contributed by atoms with van der Waals surface area (Å²) in [5.41, 5.74) is 7.43. The molecular weight excluding hydrogens is 430 g/mol. The number of rotatable bonds is 8.